The molecule has 2 atom stereocenters. The highest BCUT2D eigenvalue weighted by atomic mass is 16.5. The Balaban J connectivity index is 1.74. The Hall–Kier alpha value is -3.39. The zero-order valence-corrected chi connectivity index (χ0v) is 19.8. The van der Waals surface area contributed by atoms with Gasteiger partial charge >= 0.3 is 6.41 Å². The normalized spacial score (nSPS) is 20.4. The highest BCUT2D eigenvalue weighted by Crippen LogP contribution is 2.38. The third kappa shape index (κ3) is 6.35. The summed E-state index contributed by atoms with van der Waals surface area (Å²) >= 11 is 0. The number of piperidine rings is 1. The van der Waals surface area contributed by atoms with E-state index in [0.717, 1.165) is 5.56 Å². The Kier molecular flexibility index (Phi) is 7.94. The van der Waals surface area contributed by atoms with Gasteiger partial charge in [-0.05, 0) is 48.1 Å². The van der Waals surface area contributed by atoms with Crippen molar-refractivity contribution in [3.8, 4) is 5.75 Å². The number of carbonyl (C=O) groups excluding carboxylic acids is 3. The van der Waals surface area contributed by atoms with E-state index < -0.39 is 11.4 Å². The molecule has 3 amide bonds. The van der Waals surface area contributed by atoms with Crippen molar-refractivity contribution in [2.45, 2.75) is 58.2 Å². The molecule has 0 aliphatic carbocycles. The minimum absolute atomic E-state index is 0.104. The summed E-state index contributed by atoms with van der Waals surface area (Å²) in [6.07, 6.45) is 2.61. The second-order valence-corrected chi connectivity index (χ2v) is 9.87. The third-order valence-corrected chi connectivity index (χ3v) is 6.28. The topological polar surface area (TPSA) is 108 Å². The molecule has 3 N–H and O–H groups in total. The number of benzene rings is 2. The maximum absolute atomic E-state index is 13.1. The highest BCUT2D eigenvalue weighted by Gasteiger charge is 2.46. The smallest absolute Gasteiger partial charge is 0.312 e. The molecule has 2 aromatic rings. The van der Waals surface area contributed by atoms with Crippen LogP contribution in [-0.4, -0.2) is 46.5 Å². The van der Waals surface area contributed by atoms with Gasteiger partial charge in [0.2, 0.25) is 5.91 Å². The molecule has 1 heterocycles. The number of nitrogens with zero attached hydrogens (tertiary/aromatic N) is 1. The molecular formula is C26H32N3O5. The predicted molar refractivity (Wildman–Crippen MR) is 127 cm³/mol. The van der Waals surface area contributed by atoms with Crippen molar-refractivity contribution in [2.75, 3.05) is 6.54 Å². The molecule has 3 rings (SSSR count). The number of nitrogens with one attached hydrogen (secondary N) is 2. The summed E-state index contributed by atoms with van der Waals surface area (Å²) in [5.41, 5.74) is 1.92. The molecule has 0 saturated carbocycles. The molecule has 2 aromatic carbocycles. The lowest BCUT2D eigenvalue weighted by Gasteiger charge is -2.49. The average molecular weight is 467 g/mol. The van der Waals surface area contributed by atoms with Crippen molar-refractivity contribution < 1.29 is 24.3 Å². The molecule has 2 unspecified atom stereocenters. The largest absolute Gasteiger partial charge is 0.489 e. The van der Waals surface area contributed by atoms with Crippen LogP contribution in [0.3, 0.4) is 0 Å². The molecule has 1 aliphatic heterocycles. The SMILES string of the molecule is CC(C)(C)C1CC(CC(=O)NO)(NC(=O)c2ccc(OCc3ccccc3)cc2)CCN1[C]=O. The Bertz CT molecular complexity index is 988. The molecule has 34 heavy (non-hydrogen) atoms. The predicted octanol–water partition coefficient (Wildman–Crippen LogP) is 3.21. The minimum atomic E-state index is -0.919. The van der Waals surface area contributed by atoms with E-state index in [4.69, 9.17) is 9.94 Å². The number of hydrogen-bond acceptors (Lipinski definition) is 5. The molecule has 1 saturated heterocycles. The van der Waals surface area contributed by atoms with E-state index in [1.807, 2.05) is 57.5 Å². The van der Waals surface area contributed by atoms with Gasteiger partial charge in [0.05, 0.1) is 12.0 Å². The number of amides is 3. The number of hydroxylamine groups is 1. The number of carbonyl (C=O) groups is 2. The maximum atomic E-state index is 13.1. The van der Waals surface area contributed by atoms with Gasteiger partial charge in [-0.2, -0.15) is 0 Å². The van der Waals surface area contributed by atoms with Crippen LogP contribution in [0.25, 0.3) is 0 Å². The van der Waals surface area contributed by atoms with E-state index in [1.54, 1.807) is 34.6 Å². The van der Waals surface area contributed by atoms with Gasteiger partial charge in [0.25, 0.3) is 5.91 Å². The maximum Gasteiger partial charge on any atom is 0.312 e. The second kappa shape index (κ2) is 10.7. The first kappa shape index (κ1) is 25.2. The standard InChI is InChI=1S/C26H32N3O5/c1-25(2,3)22-15-26(16-23(31)28-33,13-14-29(22)18-30)27-24(32)20-9-11-21(12-10-20)34-17-19-7-5-4-6-8-19/h4-12,22,33H,13-17H2,1-3H3,(H,27,32)(H,28,31). The fourth-order valence-corrected chi connectivity index (χ4v) is 4.38. The van der Waals surface area contributed by atoms with Crippen molar-refractivity contribution in [3.05, 3.63) is 65.7 Å². The molecule has 8 heteroatoms. The molecular weight excluding hydrogens is 434 g/mol. The fourth-order valence-electron chi connectivity index (χ4n) is 4.38. The molecule has 0 aromatic heterocycles. The summed E-state index contributed by atoms with van der Waals surface area (Å²) in [5, 5.41) is 12.1. The zero-order valence-electron chi connectivity index (χ0n) is 19.8. The first-order chi connectivity index (χ1) is 16.2. The second-order valence-electron chi connectivity index (χ2n) is 9.87. The van der Waals surface area contributed by atoms with Crippen molar-refractivity contribution in [1.82, 2.24) is 15.7 Å². The van der Waals surface area contributed by atoms with E-state index in [1.165, 1.54) is 0 Å². The lowest BCUT2D eigenvalue weighted by molar-refractivity contribution is -0.131. The van der Waals surface area contributed by atoms with E-state index in [0.29, 0.717) is 37.3 Å². The monoisotopic (exact) mass is 466 g/mol. The van der Waals surface area contributed by atoms with E-state index >= 15 is 0 Å². The summed E-state index contributed by atoms with van der Waals surface area (Å²) in [4.78, 5) is 38.4. The molecule has 1 radical (unpaired) electrons. The van der Waals surface area contributed by atoms with Crippen LogP contribution in [-0.2, 0) is 16.2 Å². The van der Waals surface area contributed by atoms with Crippen LogP contribution in [0.2, 0.25) is 0 Å². The van der Waals surface area contributed by atoms with Gasteiger partial charge in [-0.25, -0.2) is 5.48 Å². The van der Waals surface area contributed by atoms with Crippen LogP contribution in [0.15, 0.2) is 54.6 Å². The van der Waals surface area contributed by atoms with Gasteiger partial charge in [0.15, 0.2) is 0 Å². The van der Waals surface area contributed by atoms with Gasteiger partial charge in [-0.3, -0.25) is 19.6 Å². The number of likely N-dealkylation sites (tertiary alicyclic amines) is 1. The first-order valence-electron chi connectivity index (χ1n) is 11.3. The summed E-state index contributed by atoms with van der Waals surface area (Å²) in [6.45, 7) is 6.77. The van der Waals surface area contributed by atoms with Gasteiger partial charge in [0, 0.05) is 18.2 Å². The van der Waals surface area contributed by atoms with Crippen LogP contribution in [0.1, 0.15) is 56.0 Å². The quantitative estimate of drug-likeness (QED) is 0.409. The van der Waals surface area contributed by atoms with E-state index in [9.17, 15) is 14.4 Å². The van der Waals surface area contributed by atoms with Crippen LogP contribution >= 0.6 is 0 Å². The lowest BCUT2D eigenvalue weighted by Crippen LogP contribution is -2.62. The summed E-state index contributed by atoms with van der Waals surface area (Å²) in [6, 6.07) is 16.3. The summed E-state index contributed by atoms with van der Waals surface area (Å²) in [5.74, 6) is -0.296. The van der Waals surface area contributed by atoms with Gasteiger partial charge in [0.1, 0.15) is 12.4 Å². The van der Waals surface area contributed by atoms with Crippen LogP contribution in [0.4, 0.5) is 0 Å². The van der Waals surface area contributed by atoms with Crippen molar-refractivity contribution in [1.29, 1.82) is 0 Å². The Morgan fingerprint density at radius 2 is 1.82 bits per heavy atom. The highest BCUT2D eigenvalue weighted by molar-refractivity contribution is 5.95. The fraction of sp³-hybridized carbons (Fsp3) is 0.423. The van der Waals surface area contributed by atoms with Crippen LogP contribution in [0.5, 0.6) is 5.75 Å². The molecule has 1 aliphatic rings. The van der Waals surface area contributed by atoms with Gasteiger partial charge in [-0.1, -0.05) is 51.1 Å². The number of rotatable bonds is 8. The van der Waals surface area contributed by atoms with Crippen molar-refractivity contribution in [3.63, 3.8) is 0 Å². The number of hydrogen-bond donors (Lipinski definition) is 3. The molecule has 8 nitrogen and oxygen atoms in total. The van der Waals surface area contributed by atoms with Gasteiger partial charge in [-0.15, -0.1) is 0 Å². The van der Waals surface area contributed by atoms with Crippen LogP contribution in [0, 0.1) is 5.41 Å². The van der Waals surface area contributed by atoms with E-state index in [2.05, 4.69) is 5.32 Å². The minimum Gasteiger partial charge on any atom is -0.489 e. The van der Waals surface area contributed by atoms with Crippen molar-refractivity contribution >= 4 is 18.2 Å². The zero-order chi connectivity index (χ0) is 24.8. The lowest BCUT2D eigenvalue weighted by atomic mass is 9.72. The van der Waals surface area contributed by atoms with Crippen LogP contribution < -0.4 is 15.5 Å². The first-order valence-corrected chi connectivity index (χ1v) is 11.3. The molecule has 1 fully saturated rings. The molecule has 181 valence electrons. The average Bonchev–Trinajstić information content (AvgIpc) is 2.83. The Morgan fingerprint density at radius 3 is 2.41 bits per heavy atom. The Morgan fingerprint density at radius 1 is 1.15 bits per heavy atom. The third-order valence-electron chi connectivity index (χ3n) is 6.28. The molecule has 0 bridgehead atoms. The summed E-state index contributed by atoms with van der Waals surface area (Å²) < 4.78 is 5.78. The summed E-state index contributed by atoms with van der Waals surface area (Å²) in [7, 11) is 0. The van der Waals surface area contributed by atoms with Crippen molar-refractivity contribution in [2.24, 2.45) is 5.41 Å². The molecule has 0 spiro atoms. The van der Waals surface area contributed by atoms with E-state index in [-0.39, 0.29) is 23.8 Å². The number of ether oxygens (including phenoxy) is 1. The Labute approximate surface area is 200 Å². The van der Waals surface area contributed by atoms with Gasteiger partial charge < -0.3 is 15.0 Å².